The molecule has 0 radical (unpaired) electrons. The molecule has 1 rings (SSSR count). The molecule has 0 aromatic rings. The summed E-state index contributed by atoms with van der Waals surface area (Å²) in [6, 6.07) is -0.574. The van der Waals surface area contributed by atoms with Gasteiger partial charge in [0.2, 0.25) is 0 Å². The predicted octanol–water partition coefficient (Wildman–Crippen LogP) is 0.840. The number of carbonyl (C=O) groups is 2. The molecule has 19 heavy (non-hydrogen) atoms. The quantitative estimate of drug-likeness (QED) is 0.675. The fraction of sp³-hybridized carbons (Fsp3) is 0.833. The van der Waals surface area contributed by atoms with Gasteiger partial charge in [-0.3, -0.25) is 9.00 Å². The molecule has 0 spiro atoms. The van der Waals surface area contributed by atoms with E-state index < -0.39 is 22.3 Å². The van der Waals surface area contributed by atoms with E-state index in [-0.39, 0.29) is 18.5 Å². The first kappa shape index (κ1) is 15.9. The SMILES string of the molecule is CC(CS(C)=O)NC(=O)NC1(CC(=O)O)CCCC1. The van der Waals surface area contributed by atoms with E-state index >= 15 is 0 Å². The second kappa shape index (κ2) is 6.88. The third-order valence-corrected chi connectivity index (χ3v) is 4.26. The van der Waals surface area contributed by atoms with Gasteiger partial charge in [-0.15, -0.1) is 0 Å². The Labute approximate surface area is 115 Å². The molecule has 2 amide bonds. The van der Waals surface area contributed by atoms with Gasteiger partial charge in [0.15, 0.2) is 0 Å². The summed E-state index contributed by atoms with van der Waals surface area (Å²) in [5, 5.41) is 14.4. The molecule has 1 aliphatic carbocycles. The van der Waals surface area contributed by atoms with Crippen molar-refractivity contribution < 1.29 is 18.9 Å². The van der Waals surface area contributed by atoms with E-state index in [0.29, 0.717) is 18.6 Å². The van der Waals surface area contributed by atoms with Crippen LogP contribution in [-0.4, -0.2) is 44.9 Å². The minimum Gasteiger partial charge on any atom is -0.481 e. The Morgan fingerprint density at radius 2 is 1.95 bits per heavy atom. The van der Waals surface area contributed by atoms with Crippen molar-refractivity contribution in [2.45, 2.75) is 50.6 Å². The molecule has 3 N–H and O–H groups in total. The minimum atomic E-state index is -0.972. The zero-order valence-corrected chi connectivity index (χ0v) is 12.2. The monoisotopic (exact) mass is 290 g/mol. The lowest BCUT2D eigenvalue weighted by atomic mass is 9.93. The van der Waals surface area contributed by atoms with E-state index in [1.54, 1.807) is 13.2 Å². The average molecular weight is 290 g/mol. The van der Waals surface area contributed by atoms with E-state index in [9.17, 15) is 13.8 Å². The summed E-state index contributed by atoms with van der Waals surface area (Å²) >= 11 is 0. The zero-order chi connectivity index (χ0) is 14.5. The summed E-state index contributed by atoms with van der Waals surface area (Å²) < 4.78 is 11.1. The standard InChI is InChI=1S/C12H22N2O4S/c1-9(8-19(2)18)13-11(17)14-12(7-10(15)16)5-3-4-6-12/h9H,3-8H2,1-2H3,(H,15,16)(H2,13,14,17). The topological polar surface area (TPSA) is 95.5 Å². The molecular formula is C12H22N2O4S. The molecule has 1 saturated carbocycles. The van der Waals surface area contributed by atoms with Crippen molar-refractivity contribution in [2.24, 2.45) is 0 Å². The van der Waals surface area contributed by atoms with Crippen LogP contribution < -0.4 is 10.6 Å². The molecule has 0 bridgehead atoms. The molecule has 0 heterocycles. The average Bonchev–Trinajstić information content (AvgIpc) is 2.62. The van der Waals surface area contributed by atoms with Crippen molar-refractivity contribution in [1.29, 1.82) is 0 Å². The van der Waals surface area contributed by atoms with E-state index in [1.807, 2.05) is 0 Å². The van der Waals surface area contributed by atoms with Gasteiger partial charge in [0.05, 0.1) is 12.0 Å². The number of nitrogens with one attached hydrogen (secondary N) is 2. The summed E-state index contributed by atoms with van der Waals surface area (Å²) in [4.78, 5) is 22.8. The van der Waals surface area contributed by atoms with Crippen molar-refractivity contribution in [3.8, 4) is 0 Å². The number of carbonyl (C=O) groups excluding carboxylic acids is 1. The molecule has 0 saturated heterocycles. The molecule has 110 valence electrons. The Morgan fingerprint density at radius 1 is 1.37 bits per heavy atom. The van der Waals surface area contributed by atoms with Gasteiger partial charge in [0, 0.05) is 28.9 Å². The van der Waals surface area contributed by atoms with Crippen molar-refractivity contribution >= 4 is 22.8 Å². The predicted molar refractivity (Wildman–Crippen MR) is 73.5 cm³/mol. The third kappa shape index (κ3) is 5.59. The Morgan fingerprint density at radius 3 is 2.42 bits per heavy atom. The van der Waals surface area contributed by atoms with Crippen molar-refractivity contribution in [3.05, 3.63) is 0 Å². The summed E-state index contributed by atoms with van der Waals surface area (Å²) in [6.45, 7) is 1.78. The van der Waals surface area contributed by atoms with Gasteiger partial charge < -0.3 is 15.7 Å². The number of urea groups is 1. The Hall–Kier alpha value is -1.11. The highest BCUT2D eigenvalue weighted by atomic mass is 32.2. The highest BCUT2D eigenvalue weighted by molar-refractivity contribution is 7.84. The zero-order valence-electron chi connectivity index (χ0n) is 11.4. The second-order valence-electron chi connectivity index (χ2n) is 5.30. The van der Waals surface area contributed by atoms with Gasteiger partial charge in [-0.05, 0) is 19.8 Å². The second-order valence-corrected chi connectivity index (χ2v) is 6.78. The normalized spacial score (nSPS) is 20.5. The van der Waals surface area contributed by atoms with E-state index in [2.05, 4.69) is 10.6 Å². The van der Waals surface area contributed by atoms with E-state index in [0.717, 1.165) is 12.8 Å². The van der Waals surface area contributed by atoms with Crippen LogP contribution in [0.15, 0.2) is 0 Å². The Balaban J connectivity index is 2.52. The number of amides is 2. The first-order valence-corrected chi connectivity index (χ1v) is 8.16. The smallest absolute Gasteiger partial charge is 0.315 e. The molecule has 6 nitrogen and oxygen atoms in total. The molecule has 0 aromatic carbocycles. The van der Waals surface area contributed by atoms with Crippen LogP contribution in [0.5, 0.6) is 0 Å². The van der Waals surface area contributed by atoms with Gasteiger partial charge >= 0.3 is 12.0 Å². The summed E-state index contributed by atoms with van der Waals surface area (Å²) in [6.07, 6.45) is 4.79. The molecule has 2 unspecified atom stereocenters. The lowest BCUT2D eigenvalue weighted by Gasteiger charge is -2.29. The Kier molecular flexibility index (Phi) is 5.78. The number of carboxylic acid groups (broad SMARTS) is 1. The number of aliphatic carboxylic acids is 1. The highest BCUT2D eigenvalue weighted by Crippen LogP contribution is 2.32. The number of hydrogen-bond acceptors (Lipinski definition) is 3. The molecule has 0 aliphatic heterocycles. The van der Waals surface area contributed by atoms with Crippen LogP contribution in [-0.2, 0) is 15.6 Å². The maximum Gasteiger partial charge on any atom is 0.315 e. The van der Waals surface area contributed by atoms with Crippen molar-refractivity contribution in [1.82, 2.24) is 10.6 Å². The molecule has 1 aliphatic rings. The van der Waals surface area contributed by atoms with Crippen LogP contribution in [0.4, 0.5) is 4.79 Å². The molecule has 2 atom stereocenters. The summed E-state index contributed by atoms with van der Waals surface area (Å²) in [5.41, 5.74) is -0.624. The highest BCUT2D eigenvalue weighted by Gasteiger charge is 2.37. The summed E-state index contributed by atoms with van der Waals surface area (Å²) in [5.74, 6) is -0.510. The van der Waals surface area contributed by atoms with Gasteiger partial charge in [-0.1, -0.05) is 12.8 Å². The third-order valence-electron chi connectivity index (χ3n) is 3.29. The maximum absolute atomic E-state index is 11.9. The van der Waals surface area contributed by atoms with Gasteiger partial charge in [-0.2, -0.15) is 0 Å². The first-order valence-electron chi connectivity index (χ1n) is 6.43. The maximum atomic E-state index is 11.9. The van der Waals surface area contributed by atoms with Crippen LogP contribution in [0.3, 0.4) is 0 Å². The minimum absolute atomic E-state index is 0.0471. The van der Waals surface area contributed by atoms with Crippen LogP contribution in [0.2, 0.25) is 0 Å². The van der Waals surface area contributed by atoms with Gasteiger partial charge in [0.1, 0.15) is 0 Å². The van der Waals surface area contributed by atoms with Crippen LogP contribution in [0.25, 0.3) is 0 Å². The van der Waals surface area contributed by atoms with Gasteiger partial charge in [0.25, 0.3) is 0 Å². The van der Waals surface area contributed by atoms with Crippen LogP contribution in [0.1, 0.15) is 39.0 Å². The fourth-order valence-corrected chi connectivity index (χ4v) is 3.37. The summed E-state index contributed by atoms with van der Waals surface area (Å²) in [7, 11) is -0.972. The first-order chi connectivity index (χ1) is 8.83. The Bertz CT molecular complexity index is 367. The largest absolute Gasteiger partial charge is 0.481 e. The lowest BCUT2D eigenvalue weighted by molar-refractivity contribution is -0.138. The molecule has 0 aromatic heterocycles. The van der Waals surface area contributed by atoms with E-state index in [1.165, 1.54) is 0 Å². The fourth-order valence-electron chi connectivity index (χ4n) is 2.58. The molecule has 7 heteroatoms. The van der Waals surface area contributed by atoms with Crippen LogP contribution >= 0.6 is 0 Å². The molecular weight excluding hydrogens is 268 g/mol. The molecule has 1 fully saturated rings. The number of carboxylic acids is 1. The number of rotatable bonds is 6. The van der Waals surface area contributed by atoms with E-state index in [4.69, 9.17) is 5.11 Å². The van der Waals surface area contributed by atoms with Gasteiger partial charge in [-0.25, -0.2) is 4.79 Å². The number of hydrogen-bond donors (Lipinski definition) is 3. The lowest BCUT2D eigenvalue weighted by Crippen LogP contribution is -2.53. The van der Waals surface area contributed by atoms with Crippen molar-refractivity contribution in [2.75, 3.05) is 12.0 Å². The van der Waals surface area contributed by atoms with Crippen LogP contribution in [0, 0.1) is 0 Å². The van der Waals surface area contributed by atoms with Crippen molar-refractivity contribution in [3.63, 3.8) is 0 Å².